The fraction of sp³-hybridized carbons (Fsp3) is 0.500. The van der Waals surface area contributed by atoms with E-state index in [2.05, 4.69) is 10.0 Å². The summed E-state index contributed by atoms with van der Waals surface area (Å²) in [4.78, 5) is 0. The maximum absolute atomic E-state index is 12.0. The summed E-state index contributed by atoms with van der Waals surface area (Å²) in [6.07, 6.45) is 0. The Kier molecular flexibility index (Phi) is 5.13. The SMILES string of the molecule is CNCc1ccc(NS(=O)(=O)N(C)C(C)C)cc1. The van der Waals surface area contributed by atoms with Crippen LogP contribution in [0.15, 0.2) is 24.3 Å². The molecule has 1 rings (SSSR count). The second-order valence-electron chi connectivity index (χ2n) is 4.44. The summed E-state index contributed by atoms with van der Waals surface area (Å²) < 4.78 is 27.8. The van der Waals surface area contributed by atoms with E-state index in [0.717, 1.165) is 12.1 Å². The van der Waals surface area contributed by atoms with Gasteiger partial charge in [-0.1, -0.05) is 12.1 Å². The van der Waals surface area contributed by atoms with Crippen LogP contribution < -0.4 is 10.0 Å². The monoisotopic (exact) mass is 271 g/mol. The van der Waals surface area contributed by atoms with Crippen molar-refractivity contribution in [2.75, 3.05) is 18.8 Å². The van der Waals surface area contributed by atoms with Crippen LogP contribution in [0, 0.1) is 0 Å². The standard InChI is InChI=1S/C12H21N3O2S/c1-10(2)15(4)18(16,17)14-12-7-5-11(6-8-12)9-13-3/h5-8,10,13-14H,9H2,1-4H3. The van der Waals surface area contributed by atoms with Crippen LogP contribution in [0.1, 0.15) is 19.4 Å². The van der Waals surface area contributed by atoms with Crippen molar-refractivity contribution < 1.29 is 8.42 Å². The van der Waals surface area contributed by atoms with Crippen molar-refractivity contribution in [3.63, 3.8) is 0 Å². The van der Waals surface area contributed by atoms with Crippen molar-refractivity contribution in [1.29, 1.82) is 0 Å². The molecule has 1 aromatic carbocycles. The average Bonchev–Trinajstić information content (AvgIpc) is 2.30. The average molecular weight is 271 g/mol. The maximum Gasteiger partial charge on any atom is 0.301 e. The van der Waals surface area contributed by atoms with Crippen molar-refractivity contribution in [3.8, 4) is 0 Å². The molecule has 0 bridgehead atoms. The molecule has 0 unspecified atom stereocenters. The zero-order valence-corrected chi connectivity index (χ0v) is 12.1. The van der Waals surface area contributed by atoms with Crippen LogP contribution in [0.4, 0.5) is 5.69 Å². The summed E-state index contributed by atoms with van der Waals surface area (Å²) in [5, 5.41) is 3.04. The molecule has 0 aliphatic heterocycles. The summed E-state index contributed by atoms with van der Waals surface area (Å²) in [6, 6.07) is 7.23. The molecule has 6 heteroatoms. The second kappa shape index (κ2) is 6.17. The van der Waals surface area contributed by atoms with Crippen molar-refractivity contribution in [1.82, 2.24) is 9.62 Å². The summed E-state index contributed by atoms with van der Waals surface area (Å²) in [7, 11) is -0.0428. The van der Waals surface area contributed by atoms with Crippen LogP contribution in [0.25, 0.3) is 0 Å². The molecular weight excluding hydrogens is 250 g/mol. The molecule has 0 aromatic heterocycles. The normalized spacial score (nSPS) is 12.1. The number of hydrogen-bond acceptors (Lipinski definition) is 3. The van der Waals surface area contributed by atoms with Crippen LogP contribution >= 0.6 is 0 Å². The van der Waals surface area contributed by atoms with Gasteiger partial charge in [-0.3, -0.25) is 4.72 Å². The lowest BCUT2D eigenvalue weighted by atomic mass is 10.2. The van der Waals surface area contributed by atoms with Gasteiger partial charge in [-0.25, -0.2) is 0 Å². The van der Waals surface area contributed by atoms with Gasteiger partial charge in [-0.15, -0.1) is 0 Å². The molecule has 0 aliphatic carbocycles. The zero-order valence-electron chi connectivity index (χ0n) is 11.3. The van der Waals surface area contributed by atoms with Gasteiger partial charge in [0.1, 0.15) is 0 Å². The Labute approximate surface area is 109 Å². The predicted molar refractivity (Wildman–Crippen MR) is 74.6 cm³/mol. The number of anilines is 1. The summed E-state index contributed by atoms with van der Waals surface area (Å²) >= 11 is 0. The quantitative estimate of drug-likeness (QED) is 0.822. The zero-order chi connectivity index (χ0) is 13.8. The summed E-state index contributed by atoms with van der Waals surface area (Å²) in [5.41, 5.74) is 1.68. The minimum Gasteiger partial charge on any atom is -0.316 e. The van der Waals surface area contributed by atoms with Gasteiger partial charge in [0.2, 0.25) is 0 Å². The molecule has 2 N–H and O–H groups in total. The molecule has 0 amide bonds. The van der Waals surface area contributed by atoms with E-state index in [-0.39, 0.29) is 6.04 Å². The van der Waals surface area contributed by atoms with E-state index < -0.39 is 10.2 Å². The third-order valence-corrected chi connectivity index (χ3v) is 4.36. The van der Waals surface area contributed by atoms with Gasteiger partial charge in [0, 0.05) is 25.3 Å². The van der Waals surface area contributed by atoms with Gasteiger partial charge in [0.05, 0.1) is 0 Å². The van der Waals surface area contributed by atoms with Crippen LogP contribution in [-0.2, 0) is 16.8 Å². The van der Waals surface area contributed by atoms with Crippen LogP contribution in [0.2, 0.25) is 0 Å². The van der Waals surface area contributed by atoms with Gasteiger partial charge >= 0.3 is 10.2 Å². The molecule has 0 radical (unpaired) electrons. The molecule has 0 heterocycles. The number of nitrogens with zero attached hydrogens (tertiary/aromatic N) is 1. The summed E-state index contributed by atoms with van der Waals surface area (Å²) in [5.74, 6) is 0. The van der Waals surface area contributed by atoms with Crippen molar-refractivity contribution in [3.05, 3.63) is 29.8 Å². The molecule has 0 atom stereocenters. The lowest BCUT2D eigenvalue weighted by molar-refractivity contribution is 0.414. The van der Waals surface area contributed by atoms with Gasteiger partial charge in [-0.05, 0) is 38.6 Å². The highest BCUT2D eigenvalue weighted by Gasteiger charge is 2.19. The Bertz CT molecular complexity index is 469. The van der Waals surface area contributed by atoms with Crippen LogP contribution in [-0.4, -0.2) is 32.9 Å². The van der Waals surface area contributed by atoms with E-state index in [1.54, 1.807) is 19.2 Å². The number of rotatable bonds is 6. The second-order valence-corrected chi connectivity index (χ2v) is 6.17. The molecule has 5 nitrogen and oxygen atoms in total. The highest BCUT2D eigenvalue weighted by Crippen LogP contribution is 2.13. The van der Waals surface area contributed by atoms with Gasteiger partial charge < -0.3 is 5.32 Å². The van der Waals surface area contributed by atoms with Gasteiger partial charge in [-0.2, -0.15) is 12.7 Å². The lowest BCUT2D eigenvalue weighted by Gasteiger charge is -2.21. The Morgan fingerprint density at radius 3 is 2.22 bits per heavy atom. The van der Waals surface area contributed by atoms with E-state index in [1.165, 1.54) is 4.31 Å². The highest BCUT2D eigenvalue weighted by atomic mass is 32.2. The number of nitrogens with one attached hydrogen (secondary N) is 2. The first-order valence-corrected chi connectivity index (χ1v) is 7.30. The lowest BCUT2D eigenvalue weighted by Crippen LogP contribution is -2.37. The third-order valence-electron chi connectivity index (χ3n) is 2.69. The van der Waals surface area contributed by atoms with E-state index in [4.69, 9.17) is 0 Å². The van der Waals surface area contributed by atoms with E-state index in [0.29, 0.717) is 5.69 Å². The third kappa shape index (κ3) is 3.97. The first kappa shape index (κ1) is 14.9. The topological polar surface area (TPSA) is 61.4 Å². The Balaban J connectivity index is 2.78. The fourth-order valence-electron chi connectivity index (χ4n) is 1.39. The largest absolute Gasteiger partial charge is 0.316 e. The van der Waals surface area contributed by atoms with Crippen molar-refractivity contribution in [2.24, 2.45) is 0 Å². The molecule has 0 saturated carbocycles. The fourth-order valence-corrected chi connectivity index (χ4v) is 2.53. The molecule has 0 fully saturated rings. The number of benzene rings is 1. The Morgan fingerprint density at radius 2 is 1.78 bits per heavy atom. The smallest absolute Gasteiger partial charge is 0.301 e. The summed E-state index contributed by atoms with van der Waals surface area (Å²) in [6.45, 7) is 4.42. The molecule has 18 heavy (non-hydrogen) atoms. The highest BCUT2D eigenvalue weighted by molar-refractivity contribution is 7.90. The minimum absolute atomic E-state index is 0.0777. The van der Waals surface area contributed by atoms with Crippen LogP contribution in [0.5, 0.6) is 0 Å². The van der Waals surface area contributed by atoms with Gasteiger partial charge in [0.15, 0.2) is 0 Å². The van der Waals surface area contributed by atoms with Crippen molar-refractivity contribution in [2.45, 2.75) is 26.4 Å². The number of hydrogen-bond donors (Lipinski definition) is 2. The van der Waals surface area contributed by atoms with Crippen molar-refractivity contribution >= 4 is 15.9 Å². The molecule has 102 valence electrons. The van der Waals surface area contributed by atoms with E-state index in [9.17, 15) is 8.42 Å². The predicted octanol–water partition coefficient (Wildman–Crippen LogP) is 1.40. The molecule has 0 aliphatic rings. The molecular formula is C12H21N3O2S. The minimum atomic E-state index is -3.47. The van der Waals surface area contributed by atoms with E-state index >= 15 is 0 Å². The first-order valence-electron chi connectivity index (χ1n) is 5.86. The van der Waals surface area contributed by atoms with E-state index in [1.807, 2.05) is 33.0 Å². The maximum atomic E-state index is 12.0. The first-order chi connectivity index (χ1) is 8.36. The Hall–Kier alpha value is -1.11. The van der Waals surface area contributed by atoms with Gasteiger partial charge in [0.25, 0.3) is 0 Å². The molecule has 1 aromatic rings. The van der Waals surface area contributed by atoms with Crippen LogP contribution in [0.3, 0.4) is 0 Å². The molecule has 0 saturated heterocycles. The Morgan fingerprint density at radius 1 is 1.22 bits per heavy atom. The molecule has 0 spiro atoms.